The van der Waals surface area contributed by atoms with Crippen LogP contribution in [0, 0.1) is 0 Å². The van der Waals surface area contributed by atoms with Crippen LogP contribution in [0.4, 0.5) is 5.69 Å². The molecule has 1 aromatic carbocycles. The quantitative estimate of drug-likeness (QED) is 0.745. The molecular weight excluding hydrogens is 318 g/mol. The lowest BCUT2D eigenvalue weighted by Gasteiger charge is -2.48. The summed E-state index contributed by atoms with van der Waals surface area (Å²) in [6, 6.07) is 3.41. The standard InChI is InChI=1S/C20H23NO4/c1-19(2)5-7-21-8-6-20(3,4)14-15(21)13(19)10-11-9-12(17(22)23)18(24)25-16(11)14/h9-10H,5-8H2,1-4H3,(H,22,23)/p-1. The van der Waals surface area contributed by atoms with E-state index in [9.17, 15) is 14.7 Å². The van der Waals surface area contributed by atoms with Crippen molar-refractivity contribution in [1.29, 1.82) is 0 Å². The van der Waals surface area contributed by atoms with Crippen LogP contribution in [0.5, 0.6) is 0 Å². The van der Waals surface area contributed by atoms with Crippen molar-refractivity contribution in [2.75, 3.05) is 18.0 Å². The van der Waals surface area contributed by atoms with Crippen LogP contribution in [-0.4, -0.2) is 19.1 Å². The van der Waals surface area contributed by atoms with Gasteiger partial charge < -0.3 is 19.2 Å². The van der Waals surface area contributed by atoms with Gasteiger partial charge in [-0.25, -0.2) is 4.79 Å². The first-order valence-corrected chi connectivity index (χ1v) is 8.74. The monoisotopic (exact) mass is 340 g/mol. The maximum atomic E-state index is 12.1. The van der Waals surface area contributed by atoms with Gasteiger partial charge in [-0.05, 0) is 41.4 Å². The highest BCUT2D eigenvalue weighted by Crippen LogP contribution is 2.51. The van der Waals surface area contributed by atoms with Crippen LogP contribution >= 0.6 is 0 Å². The van der Waals surface area contributed by atoms with Crippen molar-refractivity contribution in [3.8, 4) is 0 Å². The van der Waals surface area contributed by atoms with Gasteiger partial charge in [-0.1, -0.05) is 27.7 Å². The van der Waals surface area contributed by atoms with Crippen molar-refractivity contribution < 1.29 is 14.3 Å². The van der Waals surface area contributed by atoms with Gasteiger partial charge in [0.2, 0.25) is 0 Å². The Morgan fingerprint density at radius 3 is 2.40 bits per heavy atom. The van der Waals surface area contributed by atoms with Crippen molar-refractivity contribution >= 4 is 22.6 Å². The first-order valence-electron chi connectivity index (χ1n) is 8.74. The molecule has 2 aliphatic rings. The number of benzene rings is 1. The summed E-state index contributed by atoms with van der Waals surface area (Å²) in [6.07, 6.45) is 2.00. The molecule has 0 bridgehead atoms. The third-order valence-corrected chi connectivity index (χ3v) is 5.95. The van der Waals surface area contributed by atoms with E-state index >= 15 is 0 Å². The summed E-state index contributed by atoms with van der Waals surface area (Å²) in [5, 5.41) is 11.9. The summed E-state index contributed by atoms with van der Waals surface area (Å²) in [7, 11) is 0. The van der Waals surface area contributed by atoms with Gasteiger partial charge in [-0.2, -0.15) is 0 Å². The second kappa shape index (κ2) is 4.87. The average molecular weight is 340 g/mol. The zero-order valence-corrected chi connectivity index (χ0v) is 15.1. The molecular formula is C20H22NO4-. The number of aromatic carboxylic acids is 1. The molecule has 25 heavy (non-hydrogen) atoms. The molecule has 0 saturated heterocycles. The maximum Gasteiger partial charge on any atom is 0.345 e. The Labute approximate surface area is 146 Å². The van der Waals surface area contributed by atoms with Gasteiger partial charge in [0.1, 0.15) is 5.58 Å². The first kappa shape index (κ1) is 16.2. The van der Waals surface area contributed by atoms with Crippen LogP contribution in [0.25, 0.3) is 11.0 Å². The summed E-state index contributed by atoms with van der Waals surface area (Å²) in [4.78, 5) is 25.8. The number of carboxylic acids is 1. The van der Waals surface area contributed by atoms with Gasteiger partial charge in [0.15, 0.2) is 0 Å². The molecule has 5 heteroatoms. The molecule has 3 heterocycles. The number of hydrogen-bond acceptors (Lipinski definition) is 5. The summed E-state index contributed by atoms with van der Waals surface area (Å²) in [6.45, 7) is 10.7. The van der Waals surface area contributed by atoms with Crippen molar-refractivity contribution in [3.63, 3.8) is 0 Å². The molecule has 2 aromatic rings. The third kappa shape index (κ3) is 2.21. The smallest absolute Gasteiger partial charge is 0.345 e. The van der Waals surface area contributed by atoms with Gasteiger partial charge in [0, 0.05) is 29.7 Å². The molecule has 4 rings (SSSR count). The Morgan fingerprint density at radius 2 is 1.76 bits per heavy atom. The number of hydrogen-bond donors (Lipinski definition) is 0. The number of nitrogens with zero attached hydrogens (tertiary/aromatic N) is 1. The molecule has 0 amide bonds. The third-order valence-electron chi connectivity index (χ3n) is 5.95. The Balaban J connectivity index is 2.18. The predicted octanol–water partition coefficient (Wildman–Crippen LogP) is 2.33. The van der Waals surface area contributed by atoms with E-state index in [4.69, 9.17) is 4.42 Å². The van der Waals surface area contributed by atoms with Crippen LogP contribution in [0.2, 0.25) is 0 Å². The molecule has 0 radical (unpaired) electrons. The number of rotatable bonds is 1. The molecule has 0 aliphatic carbocycles. The van der Waals surface area contributed by atoms with Crippen LogP contribution in [0.1, 0.15) is 62.0 Å². The predicted molar refractivity (Wildman–Crippen MR) is 94.3 cm³/mol. The lowest BCUT2D eigenvalue weighted by atomic mass is 9.69. The van der Waals surface area contributed by atoms with E-state index in [0.717, 1.165) is 31.5 Å². The summed E-state index contributed by atoms with van der Waals surface area (Å²) < 4.78 is 5.53. The highest BCUT2D eigenvalue weighted by molar-refractivity contribution is 5.95. The maximum absolute atomic E-state index is 12.1. The SMILES string of the molecule is CC1(C)CCN2CCC(C)(C)c3c2c1cc1cc(C(=O)[O-])c(=O)oc31. The van der Waals surface area contributed by atoms with Crippen molar-refractivity contribution in [1.82, 2.24) is 0 Å². The van der Waals surface area contributed by atoms with Crippen LogP contribution in [-0.2, 0) is 10.8 Å². The van der Waals surface area contributed by atoms with Crippen molar-refractivity contribution in [2.45, 2.75) is 51.4 Å². The normalized spacial score (nSPS) is 20.4. The second-order valence-corrected chi connectivity index (χ2v) is 8.56. The number of fused-ring (bicyclic) bond motifs is 2. The minimum atomic E-state index is -1.50. The van der Waals surface area contributed by atoms with E-state index < -0.39 is 17.2 Å². The molecule has 1 aromatic heterocycles. The molecule has 0 fully saturated rings. The van der Waals surface area contributed by atoms with Crippen LogP contribution in [0.3, 0.4) is 0 Å². The van der Waals surface area contributed by atoms with Crippen LogP contribution < -0.4 is 15.6 Å². The van der Waals surface area contributed by atoms with Gasteiger partial charge in [0.25, 0.3) is 0 Å². The minimum absolute atomic E-state index is 0.0139. The number of carbonyl (C=O) groups excluding carboxylic acids is 1. The first-order chi connectivity index (χ1) is 11.6. The molecule has 5 nitrogen and oxygen atoms in total. The van der Waals surface area contributed by atoms with E-state index in [1.54, 1.807) is 0 Å². The lowest BCUT2D eigenvalue weighted by Crippen LogP contribution is -2.44. The molecule has 2 aliphatic heterocycles. The van der Waals surface area contributed by atoms with E-state index in [-0.39, 0.29) is 10.8 Å². The second-order valence-electron chi connectivity index (χ2n) is 8.56. The van der Waals surface area contributed by atoms with E-state index in [1.165, 1.54) is 17.3 Å². The molecule has 0 unspecified atom stereocenters. The van der Waals surface area contributed by atoms with Gasteiger partial charge in [-0.15, -0.1) is 0 Å². The van der Waals surface area contributed by atoms with Gasteiger partial charge >= 0.3 is 5.63 Å². The Morgan fingerprint density at radius 1 is 1.12 bits per heavy atom. The summed E-state index contributed by atoms with van der Waals surface area (Å²) in [5.41, 5.74) is 2.50. The van der Waals surface area contributed by atoms with E-state index in [2.05, 4.69) is 32.6 Å². The fraction of sp³-hybridized carbons (Fsp3) is 0.500. The molecule has 0 saturated carbocycles. The fourth-order valence-electron chi connectivity index (χ4n) is 4.29. The molecule has 0 spiro atoms. The molecule has 0 N–H and O–H groups in total. The highest BCUT2D eigenvalue weighted by atomic mass is 16.4. The Hall–Kier alpha value is -2.30. The number of carboxylic acid groups (broad SMARTS) is 1. The zero-order chi connectivity index (χ0) is 18.1. The zero-order valence-electron chi connectivity index (χ0n) is 15.1. The van der Waals surface area contributed by atoms with E-state index in [0.29, 0.717) is 11.0 Å². The summed E-state index contributed by atoms with van der Waals surface area (Å²) >= 11 is 0. The largest absolute Gasteiger partial charge is 0.545 e. The lowest BCUT2D eigenvalue weighted by molar-refractivity contribution is -0.255. The van der Waals surface area contributed by atoms with Crippen molar-refractivity contribution in [2.24, 2.45) is 0 Å². The highest BCUT2D eigenvalue weighted by Gasteiger charge is 2.41. The van der Waals surface area contributed by atoms with E-state index in [1.807, 2.05) is 6.07 Å². The minimum Gasteiger partial charge on any atom is -0.545 e. The number of anilines is 1. The average Bonchev–Trinajstić information content (AvgIpc) is 2.51. The molecule has 132 valence electrons. The van der Waals surface area contributed by atoms with Crippen LogP contribution in [0.15, 0.2) is 21.3 Å². The topological polar surface area (TPSA) is 73.6 Å². The fourth-order valence-corrected chi connectivity index (χ4v) is 4.29. The van der Waals surface area contributed by atoms with Gasteiger partial charge in [0.05, 0.1) is 11.5 Å². The number of carbonyl (C=O) groups is 1. The molecule has 0 atom stereocenters. The summed E-state index contributed by atoms with van der Waals surface area (Å²) in [5.74, 6) is -1.50. The van der Waals surface area contributed by atoms with Crippen molar-refractivity contribution in [3.05, 3.63) is 39.2 Å². The van der Waals surface area contributed by atoms with Gasteiger partial charge in [-0.3, -0.25) is 0 Å². The Bertz CT molecular complexity index is 966. The Kier molecular flexibility index (Phi) is 3.15.